The van der Waals surface area contributed by atoms with Crippen LogP contribution in [0, 0.1) is 12.3 Å². The van der Waals surface area contributed by atoms with E-state index in [1.807, 2.05) is 24.8 Å². The number of amidine groups is 1. The van der Waals surface area contributed by atoms with E-state index >= 15 is 0 Å². The molecule has 0 bridgehead atoms. The normalized spacial score (nSPS) is 20.4. The van der Waals surface area contributed by atoms with Gasteiger partial charge in [0.15, 0.2) is 0 Å². The van der Waals surface area contributed by atoms with Crippen molar-refractivity contribution in [2.45, 2.75) is 19.1 Å². The molecule has 1 heterocycles. The van der Waals surface area contributed by atoms with Gasteiger partial charge in [-0.15, -0.1) is 0 Å². The van der Waals surface area contributed by atoms with Crippen molar-refractivity contribution in [2.75, 3.05) is 23.7 Å². The van der Waals surface area contributed by atoms with Crippen molar-refractivity contribution in [1.29, 1.82) is 5.41 Å². The zero-order valence-corrected chi connectivity index (χ0v) is 11.2. The number of benzene rings is 1. The van der Waals surface area contributed by atoms with Crippen LogP contribution in [-0.2, 0) is 0 Å². The lowest BCUT2D eigenvalue weighted by Gasteiger charge is -2.32. The van der Waals surface area contributed by atoms with Crippen LogP contribution in [-0.4, -0.2) is 29.9 Å². The number of nitrogens with zero attached hydrogens (tertiary/aromatic N) is 1. The highest BCUT2D eigenvalue weighted by Crippen LogP contribution is 2.25. The summed E-state index contributed by atoms with van der Waals surface area (Å²) in [5.74, 6) is 1.34. The molecule has 1 aliphatic heterocycles. The molecular weight excluding hydrogens is 230 g/mol. The number of nitrogen functional groups attached to an aromatic ring is 1. The Morgan fingerprint density at radius 2 is 2.29 bits per heavy atom. The molecule has 0 saturated carbocycles. The fourth-order valence-corrected chi connectivity index (χ4v) is 3.21. The van der Waals surface area contributed by atoms with Crippen LogP contribution < -0.4 is 10.6 Å². The Balaban J connectivity index is 2.22. The van der Waals surface area contributed by atoms with Gasteiger partial charge in [-0.25, -0.2) is 0 Å². The van der Waals surface area contributed by atoms with Crippen LogP contribution in [0.5, 0.6) is 0 Å². The highest BCUT2D eigenvalue weighted by atomic mass is 32.2. The summed E-state index contributed by atoms with van der Waals surface area (Å²) in [4.78, 5) is 2.41. The first-order chi connectivity index (χ1) is 8.08. The summed E-state index contributed by atoms with van der Waals surface area (Å²) in [5, 5.41) is 8.18. The number of hydrogen-bond acceptors (Lipinski definition) is 3. The molecule has 3 nitrogen and oxygen atoms in total. The zero-order chi connectivity index (χ0) is 12.4. The van der Waals surface area contributed by atoms with Crippen LogP contribution in [0.2, 0.25) is 0 Å². The molecule has 92 valence electrons. The van der Waals surface area contributed by atoms with Crippen molar-refractivity contribution < 1.29 is 0 Å². The Kier molecular flexibility index (Phi) is 3.62. The second-order valence-corrected chi connectivity index (χ2v) is 6.09. The van der Waals surface area contributed by atoms with Crippen LogP contribution >= 0.6 is 11.8 Å². The summed E-state index contributed by atoms with van der Waals surface area (Å²) < 4.78 is 0. The number of nitrogens with one attached hydrogen (secondary N) is 1. The summed E-state index contributed by atoms with van der Waals surface area (Å²) in [6, 6.07) is 6.17. The van der Waals surface area contributed by atoms with Gasteiger partial charge in [0.25, 0.3) is 0 Å². The lowest BCUT2D eigenvalue weighted by Crippen LogP contribution is -2.36. The maximum Gasteiger partial charge on any atom is 0.123 e. The first-order valence-electron chi connectivity index (χ1n) is 5.89. The monoisotopic (exact) mass is 249 g/mol. The highest BCUT2D eigenvalue weighted by molar-refractivity contribution is 8.00. The number of nitrogens with two attached hydrogens (primary N) is 1. The maximum atomic E-state index is 7.48. The first kappa shape index (κ1) is 12.3. The van der Waals surface area contributed by atoms with Crippen molar-refractivity contribution in [3.8, 4) is 0 Å². The van der Waals surface area contributed by atoms with E-state index in [-0.39, 0.29) is 5.84 Å². The van der Waals surface area contributed by atoms with E-state index in [9.17, 15) is 0 Å². The topological polar surface area (TPSA) is 53.1 Å². The molecule has 4 heteroatoms. The Morgan fingerprint density at radius 3 is 2.88 bits per heavy atom. The number of aryl methyl sites for hydroxylation is 1. The first-order valence-corrected chi connectivity index (χ1v) is 6.94. The van der Waals surface area contributed by atoms with E-state index in [4.69, 9.17) is 11.1 Å². The summed E-state index contributed by atoms with van der Waals surface area (Å²) >= 11 is 2.03. The van der Waals surface area contributed by atoms with Gasteiger partial charge in [0, 0.05) is 35.3 Å². The molecule has 3 N–H and O–H groups in total. The maximum absolute atomic E-state index is 7.48. The summed E-state index contributed by atoms with van der Waals surface area (Å²) in [6.45, 7) is 6.49. The average Bonchev–Trinajstić information content (AvgIpc) is 2.28. The molecule has 1 aromatic carbocycles. The van der Waals surface area contributed by atoms with Gasteiger partial charge in [0.2, 0.25) is 0 Å². The average molecular weight is 249 g/mol. The Bertz CT molecular complexity index is 431. The minimum absolute atomic E-state index is 0.150. The molecule has 1 aromatic rings. The Labute approximate surface area is 107 Å². The van der Waals surface area contributed by atoms with Crippen molar-refractivity contribution in [3.63, 3.8) is 0 Å². The van der Waals surface area contributed by atoms with Crippen molar-refractivity contribution in [2.24, 2.45) is 5.73 Å². The second-order valence-electron chi connectivity index (χ2n) is 4.54. The molecule has 1 saturated heterocycles. The standard InChI is InChI=1S/C13H19N3S/c1-9-7-11(3-4-12(9)13(14)15)16-5-6-17-10(2)8-16/h3-4,7,10H,5-6,8H2,1-2H3,(H3,14,15). The van der Waals surface area contributed by atoms with Crippen LogP contribution in [0.25, 0.3) is 0 Å². The third-order valence-corrected chi connectivity index (χ3v) is 4.24. The third kappa shape index (κ3) is 2.75. The Hall–Kier alpha value is -1.16. The zero-order valence-electron chi connectivity index (χ0n) is 10.4. The lowest BCUT2D eigenvalue weighted by molar-refractivity contribution is 0.782. The third-order valence-electron chi connectivity index (χ3n) is 3.11. The second kappa shape index (κ2) is 5.00. The predicted octanol–water partition coefficient (Wildman–Crippen LogP) is 2.22. The molecule has 2 rings (SSSR count). The molecule has 0 spiro atoms. The quantitative estimate of drug-likeness (QED) is 0.624. The summed E-state index contributed by atoms with van der Waals surface area (Å²) in [6.07, 6.45) is 0. The highest BCUT2D eigenvalue weighted by Gasteiger charge is 2.17. The van der Waals surface area contributed by atoms with Crippen LogP contribution in [0.1, 0.15) is 18.1 Å². The van der Waals surface area contributed by atoms with Gasteiger partial charge in [-0.3, -0.25) is 5.41 Å². The minimum atomic E-state index is 0.150. The molecule has 1 atom stereocenters. The minimum Gasteiger partial charge on any atom is -0.384 e. The van der Waals surface area contributed by atoms with E-state index in [0.717, 1.165) is 24.2 Å². The largest absolute Gasteiger partial charge is 0.384 e. The Morgan fingerprint density at radius 1 is 1.53 bits per heavy atom. The van der Waals surface area contributed by atoms with E-state index in [1.165, 1.54) is 11.4 Å². The smallest absolute Gasteiger partial charge is 0.123 e. The summed E-state index contributed by atoms with van der Waals surface area (Å²) in [5.41, 5.74) is 8.71. The van der Waals surface area contributed by atoms with E-state index < -0.39 is 0 Å². The van der Waals surface area contributed by atoms with Crippen molar-refractivity contribution in [3.05, 3.63) is 29.3 Å². The molecule has 1 fully saturated rings. The molecule has 17 heavy (non-hydrogen) atoms. The van der Waals surface area contributed by atoms with Crippen molar-refractivity contribution >= 4 is 23.3 Å². The molecule has 0 radical (unpaired) electrons. The number of anilines is 1. The van der Waals surface area contributed by atoms with Crippen LogP contribution in [0.15, 0.2) is 18.2 Å². The van der Waals surface area contributed by atoms with E-state index in [2.05, 4.69) is 24.0 Å². The lowest BCUT2D eigenvalue weighted by atomic mass is 10.1. The molecule has 1 aliphatic rings. The van der Waals surface area contributed by atoms with Gasteiger partial charge in [0.05, 0.1) is 0 Å². The van der Waals surface area contributed by atoms with Gasteiger partial charge in [-0.05, 0) is 30.7 Å². The van der Waals surface area contributed by atoms with Gasteiger partial charge in [-0.2, -0.15) is 11.8 Å². The SMILES string of the molecule is Cc1cc(N2CCSC(C)C2)ccc1C(=N)N. The molecule has 0 aromatic heterocycles. The van der Waals surface area contributed by atoms with E-state index in [1.54, 1.807) is 0 Å². The number of rotatable bonds is 2. The van der Waals surface area contributed by atoms with Gasteiger partial charge in [0.1, 0.15) is 5.84 Å². The van der Waals surface area contributed by atoms with Crippen molar-refractivity contribution in [1.82, 2.24) is 0 Å². The van der Waals surface area contributed by atoms with Gasteiger partial charge in [-0.1, -0.05) is 6.92 Å². The predicted molar refractivity (Wildman–Crippen MR) is 76.3 cm³/mol. The number of thioether (sulfide) groups is 1. The molecule has 0 aliphatic carbocycles. The molecular formula is C13H19N3S. The van der Waals surface area contributed by atoms with E-state index in [0.29, 0.717) is 5.25 Å². The van der Waals surface area contributed by atoms with Crippen LogP contribution in [0.4, 0.5) is 5.69 Å². The molecule has 1 unspecified atom stereocenters. The van der Waals surface area contributed by atoms with Gasteiger partial charge >= 0.3 is 0 Å². The summed E-state index contributed by atoms with van der Waals surface area (Å²) in [7, 11) is 0. The molecule has 0 amide bonds. The number of hydrogen-bond donors (Lipinski definition) is 2. The van der Waals surface area contributed by atoms with Gasteiger partial charge < -0.3 is 10.6 Å². The fourth-order valence-electron chi connectivity index (χ4n) is 2.20. The fraction of sp³-hybridized carbons (Fsp3) is 0.462. The van der Waals surface area contributed by atoms with Crippen LogP contribution in [0.3, 0.4) is 0 Å².